The molecule has 0 bridgehead atoms. The highest BCUT2D eigenvalue weighted by atomic mass is 35.5. The summed E-state index contributed by atoms with van der Waals surface area (Å²) in [5.41, 5.74) is -2.71. The smallest absolute Gasteiger partial charge is 0.333 e. The van der Waals surface area contributed by atoms with Gasteiger partial charge in [0.15, 0.2) is 0 Å². The van der Waals surface area contributed by atoms with E-state index >= 15 is 0 Å². The molecule has 156 valence electrons. The van der Waals surface area contributed by atoms with Crippen molar-refractivity contribution in [2.45, 2.75) is 5.92 Å². The minimum Gasteiger partial charge on any atom is -0.494 e. The molecule has 0 radical (unpaired) electrons. The van der Waals surface area contributed by atoms with Crippen molar-refractivity contribution in [1.82, 2.24) is 18.3 Å². The average Bonchev–Trinajstić information content (AvgIpc) is 2.73. The summed E-state index contributed by atoms with van der Waals surface area (Å²) in [4.78, 5) is 50.8. The zero-order chi connectivity index (χ0) is 22.1. The van der Waals surface area contributed by atoms with Crippen LogP contribution in [0.5, 0.6) is 17.5 Å². The van der Waals surface area contributed by atoms with Gasteiger partial charge in [0.1, 0.15) is 5.75 Å². The maximum absolute atomic E-state index is 13.1. The lowest BCUT2D eigenvalue weighted by Gasteiger charge is -2.29. The fraction of sp³-hybridized carbons (Fsp3) is 0.263. The van der Waals surface area contributed by atoms with Crippen molar-refractivity contribution in [2.24, 2.45) is 28.2 Å². The Kier molecular flexibility index (Phi) is 4.28. The predicted molar refractivity (Wildman–Crippen MR) is 108 cm³/mol. The second-order valence-corrected chi connectivity index (χ2v) is 7.52. The molecule has 3 heterocycles. The molecule has 0 saturated heterocycles. The Morgan fingerprint density at radius 2 is 1.43 bits per heavy atom. The Morgan fingerprint density at radius 1 is 0.867 bits per heavy atom. The van der Waals surface area contributed by atoms with E-state index in [1.165, 1.54) is 34.3 Å². The summed E-state index contributed by atoms with van der Waals surface area (Å²) in [6.07, 6.45) is 0. The third-order valence-corrected chi connectivity index (χ3v) is 5.61. The number of nitrogens with zero attached hydrogens (tertiary/aromatic N) is 4. The van der Waals surface area contributed by atoms with Crippen LogP contribution in [0.1, 0.15) is 22.6 Å². The molecule has 1 aromatic carbocycles. The highest BCUT2D eigenvalue weighted by Crippen LogP contribution is 2.46. The number of hydrogen-bond donors (Lipinski definition) is 1. The van der Waals surface area contributed by atoms with Gasteiger partial charge in [-0.3, -0.25) is 27.9 Å². The molecule has 4 rings (SSSR count). The van der Waals surface area contributed by atoms with Crippen LogP contribution < -0.4 is 27.2 Å². The summed E-state index contributed by atoms with van der Waals surface area (Å²) in [6.45, 7) is 0. The van der Waals surface area contributed by atoms with Gasteiger partial charge in [0.25, 0.3) is 11.1 Å². The Bertz CT molecular complexity index is 1450. The Hall–Kier alpha value is -3.53. The third-order valence-electron chi connectivity index (χ3n) is 5.38. The first-order valence-electron chi connectivity index (χ1n) is 8.82. The van der Waals surface area contributed by atoms with Crippen LogP contribution in [0.3, 0.4) is 0 Å². The Morgan fingerprint density at radius 3 is 2.07 bits per heavy atom. The first-order chi connectivity index (χ1) is 14.1. The number of aromatic hydroxyl groups is 1. The molecule has 0 spiro atoms. The van der Waals surface area contributed by atoms with Gasteiger partial charge in [0.2, 0.25) is 11.8 Å². The highest BCUT2D eigenvalue weighted by molar-refractivity contribution is 6.30. The summed E-state index contributed by atoms with van der Waals surface area (Å²) in [5.74, 6) is -1.52. The maximum atomic E-state index is 13.1. The molecule has 0 aliphatic carbocycles. The fourth-order valence-electron chi connectivity index (χ4n) is 3.73. The molecular formula is C19H17ClN4O6. The molecule has 1 N–H and O–H groups in total. The van der Waals surface area contributed by atoms with Crippen LogP contribution in [0.4, 0.5) is 0 Å². The molecule has 1 aliphatic rings. The Labute approximate surface area is 173 Å². The molecule has 1 atom stereocenters. The maximum Gasteiger partial charge on any atom is 0.333 e. The minimum atomic E-state index is -1.13. The molecule has 0 saturated carbocycles. The number of halogens is 1. The number of rotatable bonds is 1. The third kappa shape index (κ3) is 2.50. The zero-order valence-corrected chi connectivity index (χ0v) is 17.2. The fourth-order valence-corrected chi connectivity index (χ4v) is 3.91. The van der Waals surface area contributed by atoms with Crippen molar-refractivity contribution in [3.8, 4) is 17.5 Å². The molecule has 3 aromatic rings. The van der Waals surface area contributed by atoms with Crippen molar-refractivity contribution in [3.05, 3.63) is 81.6 Å². The average molecular weight is 433 g/mol. The standard InChI is InChI=1S/C19H17ClN4O6/c1-21-14(25)12(15(26)22(2)18(21)28)11-9-7-8(20)5-6-10(9)30-17-13(11)16(27)23(3)19(29)24(17)4/h5-7,11,25H,1-4H3/t11-/m1/s1. The second-order valence-electron chi connectivity index (χ2n) is 7.08. The van der Waals surface area contributed by atoms with E-state index in [1.807, 2.05) is 0 Å². The van der Waals surface area contributed by atoms with Crippen LogP contribution in [0, 0.1) is 0 Å². The molecule has 2 aromatic heterocycles. The van der Waals surface area contributed by atoms with Gasteiger partial charge in [-0.25, -0.2) is 9.59 Å². The van der Waals surface area contributed by atoms with Crippen molar-refractivity contribution < 1.29 is 9.84 Å². The summed E-state index contributed by atoms with van der Waals surface area (Å²) in [7, 11) is 5.30. The molecular weight excluding hydrogens is 416 g/mol. The van der Waals surface area contributed by atoms with Gasteiger partial charge in [-0.1, -0.05) is 11.6 Å². The molecule has 30 heavy (non-hydrogen) atoms. The van der Waals surface area contributed by atoms with E-state index in [4.69, 9.17) is 16.3 Å². The summed E-state index contributed by atoms with van der Waals surface area (Å²) >= 11 is 6.16. The van der Waals surface area contributed by atoms with Gasteiger partial charge < -0.3 is 9.84 Å². The van der Waals surface area contributed by atoms with E-state index in [2.05, 4.69) is 0 Å². The number of hydrogen-bond acceptors (Lipinski definition) is 6. The molecule has 10 nitrogen and oxygen atoms in total. The van der Waals surface area contributed by atoms with E-state index in [9.17, 15) is 24.3 Å². The molecule has 0 fully saturated rings. The van der Waals surface area contributed by atoms with Gasteiger partial charge in [-0.2, -0.15) is 0 Å². The quantitative estimate of drug-likeness (QED) is 0.456. The largest absolute Gasteiger partial charge is 0.494 e. The van der Waals surface area contributed by atoms with Gasteiger partial charge in [0.05, 0.1) is 17.0 Å². The minimum absolute atomic E-state index is 0.0274. The topological polar surface area (TPSA) is 117 Å². The molecule has 11 heteroatoms. The second kappa shape index (κ2) is 6.49. The van der Waals surface area contributed by atoms with Gasteiger partial charge in [0, 0.05) is 38.8 Å². The van der Waals surface area contributed by atoms with Gasteiger partial charge in [-0.15, -0.1) is 0 Å². The molecule has 0 unspecified atom stereocenters. The van der Waals surface area contributed by atoms with Crippen molar-refractivity contribution >= 4 is 11.6 Å². The van der Waals surface area contributed by atoms with Gasteiger partial charge >= 0.3 is 11.4 Å². The molecule has 0 amide bonds. The van der Waals surface area contributed by atoms with Crippen molar-refractivity contribution in [2.75, 3.05) is 0 Å². The Balaban J connectivity index is 2.25. The first-order valence-corrected chi connectivity index (χ1v) is 9.20. The summed E-state index contributed by atoms with van der Waals surface area (Å²) in [5, 5.41) is 11.1. The normalized spacial score (nSPS) is 14.8. The van der Waals surface area contributed by atoms with Crippen LogP contribution in [0.15, 0.2) is 37.4 Å². The van der Waals surface area contributed by atoms with Crippen molar-refractivity contribution in [1.29, 1.82) is 0 Å². The van der Waals surface area contributed by atoms with Crippen LogP contribution in [0.2, 0.25) is 5.02 Å². The highest BCUT2D eigenvalue weighted by Gasteiger charge is 2.38. The first kappa shape index (κ1) is 19.8. The van der Waals surface area contributed by atoms with Crippen LogP contribution in [0.25, 0.3) is 0 Å². The van der Waals surface area contributed by atoms with Crippen LogP contribution in [-0.4, -0.2) is 23.4 Å². The van der Waals surface area contributed by atoms with Crippen molar-refractivity contribution in [3.63, 3.8) is 0 Å². The molecule has 1 aliphatic heterocycles. The van der Waals surface area contributed by atoms with E-state index in [1.54, 1.807) is 12.1 Å². The lowest BCUT2D eigenvalue weighted by atomic mass is 9.84. The predicted octanol–water partition coefficient (Wildman–Crippen LogP) is 0.126. The lowest BCUT2D eigenvalue weighted by Crippen LogP contribution is -2.44. The number of benzene rings is 1. The van der Waals surface area contributed by atoms with Crippen LogP contribution in [-0.2, 0) is 28.2 Å². The SMILES string of the molecule is Cn1c(O)c([C@H]2c3cc(Cl)ccc3Oc3c2c(=O)n(C)c(=O)n3C)c(=O)n(C)c1=O. The van der Waals surface area contributed by atoms with Crippen LogP contribution >= 0.6 is 11.6 Å². The van der Waals surface area contributed by atoms with E-state index in [-0.39, 0.29) is 22.8 Å². The van der Waals surface area contributed by atoms with E-state index < -0.39 is 34.3 Å². The van der Waals surface area contributed by atoms with E-state index in [0.29, 0.717) is 10.6 Å². The lowest BCUT2D eigenvalue weighted by molar-refractivity contribution is 0.381. The number of aromatic nitrogens is 4. The number of ether oxygens (including phenoxy) is 1. The summed E-state index contributed by atoms with van der Waals surface area (Å²) < 4.78 is 9.59. The van der Waals surface area contributed by atoms with Gasteiger partial charge in [-0.05, 0) is 18.2 Å². The van der Waals surface area contributed by atoms with E-state index in [0.717, 1.165) is 18.3 Å². The summed E-state index contributed by atoms with van der Waals surface area (Å²) in [6, 6.07) is 4.61. The number of fused-ring (bicyclic) bond motifs is 2. The monoisotopic (exact) mass is 432 g/mol. The zero-order valence-electron chi connectivity index (χ0n) is 16.5.